The lowest BCUT2D eigenvalue weighted by Gasteiger charge is -2.48. The summed E-state index contributed by atoms with van der Waals surface area (Å²) in [5.74, 6) is 1.06. The molecule has 0 radical (unpaired) electrons. The number of carbonyl (C=O) groups excluding carboxylic acids is 2. The zero-order chi connectivity index (χ0) is 21.9. The van der Waals surface area contributed by atoms with Crippen molar-refractivity contribution in [2.75, 3.05) is 39.3 Å². The number of hydrogen-bond acceptors (Lipinski definition) is 4. The van der Waals surface area contributed by atoms with Crippen LogP contribution < -0.4 is 4.74 Å². The Morgan fingerprint density at radius 1 is 0.719 bits per heavy atom. The van der Waals surface area contributed by atoms with Crippen molar-refractivity contribution in [2.45, 2.75) is 37.8 Å². The maximum absolute atomic E-state index is 12.8. The Bertz CT molecular complexity index is 927. The second-order valence-corrected chi connectivity index (χ2v) is 9.11. The van der Waals surface area contributed by atoms with E-state index in [1.54, 1.807) is 0 Å². The number of benzene rings is 2. The van der Waals surface area contributed by atoms with Crippen molar-refractivity contribution in [3.8, 4) is 5.75 Å². The normalized spacial score (nSPS) is 20.2. The van der Waals surface area contributed by atoms with Gasteiger partial charge >= 0.3 is 0 Å². The summed E-state index contributed by atoms with van der Waals surface area (Å²) in [6, 6.07) is 17.5. The summed E-state index contributed by atoms with van der Waals surface area (Å²) in [6.45, 7) is 4.70. The molecule has 6 heteroatoms. The van der Waals surface area contributed by atoms with E-state index in [2.05, 4.69) is 4.90 Å². The highest BCUT2D eigenvalue weighted by Gasteiger charge is 2.37. The fourth-order valence-corrected chi connectivity index (χ4v) is 4.96. The molecule has 168 valence electrons. The minimum atomic E-state index is 0.0894. The lowest BCUT2D eigenvalue weighted by molar-refractivity contribution is 0.00853. The van der Waals surface area contributed by atoms with Gasteiger partial charge in [-0.3, -0.25) is 14.5 Å². The summed E-state index contributed by atoms with van der Waals surface area (Å²) in [7, 11) is 0. The molecule has 3 fully saturated rings. The molecule has 0 spiro atoms. The molecule has 1 aliphatic carbocycles. The highest BCUT2D eigenvalue weighted by atomic mass is 16.5. The van der Waals surface area contributed by atoms with Crippen molar-refractivity contribution < 1.29 is 14.3 Å². The fraction of sp³-hybridized carbons (Fsp3) is 0.462. The van der Waals surface area contributed by atoms with E-state index >= 15 is 0 Å². The highest BCUT2D eigenvalue weighted by Crippen LogP contribution is 2.25. The van der Waals surface area contributed by atoms with Crippen LogP contribution in [0.25, 0.3) is 0 Å². The van der Waals surface area contributed by atoms with E-state index in [0.717, 1.165) is 69.0 Å². The van der Waals surface area contributed by atoms with Crippen molar-refractivity contribution in [1.29, 1.82) is 0 Å². The van der Waals surface area contributed by atoms with E-state index in [1.807, 2.05) is 64.4 Å². The number of carbonyl (C=O) groups is 2. The maximum Gasteiger partial charge on any atom is 0.253 e. The van der Waals surface area contributed by atoms with Crippen LogP contribution in [0, 0.1) is 0 Å². The van der Waals surface area contributed by atoms with Crippen LogP contribution in [0.4, 0.5) is 0 Å². The Hall–Kier alpha value is -2.86. The number of amides is 2. The van der Waals surface area contributed by atoms with E-state index in [0.29, 0.717) is 12.1 Å². The first-order valence-corrected chi connectivity index (χ1v) is 11.8. The van der Waals surface area contributed by atoms with Gasteiger partial charge in [0.15, 0.2) is 0 Å². The first kappa shape index (κ1) is 21.0. The fourth-order valence-electron chi connectivity index (χ4n) is 4.96. The van der Waals surface area contributed by atoms with Gasteiger partial charge in [-0.1, -0.05) is 18.2 Å². The van der Waals surface area contributed by atoms with Crippen LogP contribution in [-0.2, 0) is 0 Å². The van der Waals surface area contributed by atoms with Crippen LogP contribution in [0.1, 0.15) is 46.4 Å². The van der Waals surface area contributed by atoms with E-state index in [9.17, 15) is 9.59 Å². The number of ether oxygens (including phenoxy) is 1. The van der Waals surface area contributed by atoms with Crippen LogP contribution in [0.2, 0.25) is 0 Å². The molecule has 2 aromatic rings. The predicted molar refractivity (Wildman–Crippen MR) is 123 cm³/mol. The molecule has 32 heavy (non-hydrogen) atoms. The van der Waals surface area contributed by atoms with Gasteiger partial charge in [0, 0.05) is 56.4 Å². The molecule has 0 unspecified atom stereocenters. The average molecular weight is 434 g/mol. The molecule has 1 saturated carbocycles. The van der Waals surface area contributed by atoms with Crippen molar-refractivity contribution >= 4 is 11.8 Å². The molecular weight excluding hydrogens is 402 g/mol. The second-order valence-electron chi connectivity index (χ2n) is 9.11. The standard InChI is InChI=1S/C26H31N3O3/c30-25(20-6-2-1-3-7-20)28-16-14-27(15-17-28)22-18-29(19-22)26(31)21-10-12-24(13-11-21)32-23-8-4-5-9-23/h1-3,6-7,10-13,22-23H,4-5,8-9,14-19H2. The first-order valence-electron chi connectivity index (χ1n) is 11.8. The molecule has 3 aliphatic rings. The number of rotatable bonds is 5. The molecule has 0 bridgehead atoms. The van der Waals surface area contributed by atoms with Gasteiger partial charge in [-0.15, -0.1) is 0 Å². The summed E-state index contributed by atoms with van der Waals surface area (Å²) in [5.41, 5.74) is 1.47. The third kappa shape index (κ3) is 4.51. The van der Waals surface area contributed by atoms with Crippen LogP contribution in [0.5, 0.6) is 5.75 Å². The zero-order valence-electron chi connectivity index (χ0n) is 18.5. The number of likely N-dealkylation sites (tertiary alicyclic amines) is 1. The molecule has 2 amide bonds. The van der Waals surface area contributed by atoms with Crippen molar-refractivity contribution in [2.24, 2.45) is 0 Å². The van der Waals surface area contributed by atoms with Crippen molar-refractivity contribution in [3.05, 3.63) is 65.7 Å². The Labute approximate surface area is 189 Å². The van der Waals surface area contributed by atoms with Crippen molar-refractivity contribution in [1.82, 2.24) is 14.7 Å². The van der Waals surface area contributed by atoms with Crippen LogP contribution in [0.15, 0.2) is 54.6 Å². The number of nitrogens with zero attached hydrogens (tertiary/aromatic N) is 3. The summed E-state index contributed by atoms with van der Waals surface area (Å²) in [6.07, 6.45) is 5.08. The molecule has 2 saturated heterocycles. The van der Waals surface area contributed by atoms with Crippen LogP contribution in [0.3, 0.4) is 0 Å². The minimum Gasteiger partial charge on any atom is -0.490 e. The Kier molecular flexibility index (Phi) is 6.12. The maximum atomic E-state index is 12.8. The summed E-state index contributed by atoms with van der Waals surface area (Å²) >= 11 is 0. The lowest BCUT2D eigenvalue weighted by atomic mass is 10.0. The number of piperazine rings is 1. The average Bonchev–Trinajstić information content (AvgIpc) is 3.32. The largest absolute Gasteiger partial charge is 0.490 e. The molecule has 2 aliphatic heterocycles. The molecule has 2 aromatic carbocycles. The van der Waals surface area contributed by atoms with Gasteiger partial charge < -0.3 is 14.5 Å². The van der Waals surface area contributed by atoms with Gasteiger partial charge in [-0.05, 0) is 62.1 Å². The topological polar surface area (TPSA) is 53.1 Å². The van der Waals surface area contributed by atoms with E-state index in [1.165, 1.54) is 12.8 Å². The second kappa shape index (κ2) is 9.33. The quantitative estimate of drug-likeness (QED) is 0.726. The molecule has 0 atom stereocenters. The predicted octanol–water partition coefficient (Wildman–Crippen LogP) is 3.29. The SMILES string of the molecule is O=C(c1ccccc1)N1CCN(C2CN(C(=O)c3ccc(OC4CCCC4)cc3)C2)CC1. The van der Waals surface area contributed by atoms with E-state index in [4.69, 9.17) is 4.74 Å². The first-order chi connectivity index (χ1) is 15.7. The van der Waals surface area contributed by atoms with Gasteiger partial charge in [0.05, 0.1) is 6.10 Å². The van der Waals surface area contributed by atoms with Gasteiger partial charge in [0.1, 0.15) is 5.75 Å². The minimum absolute atomic E-state index is 0.0894. The molecule has 5 rings (SSSR count). The van der Waals surface area contributed by atoms with Gasteiger partial charge in [-0.2, -0.15) is 0 Å². The van der Waals surface area contributed by atoms with Crippen LogP contribution in [-0.4, -0.2) is 77.9 Å². The van der Waals surface area contributed by atoms with Crippen LogP contribution >= 0.6 is 0 Å². The highest BCUT2D eigenvalue weighted by molar-refractivity contribution is 5.95. The Morgan fingerprint density at radius 2 is 1.31 bits per heavy atom. The van der Waals surface area contributed by atoms with Gasteiger partial charge in [-0.25, -0.2) is 0 Å². The molecule has 2 heterocycles. The van der Waals surface area contributed by atoms with E-state index < -0.39 is 0 Å². The third-order valence-electron chi connectivity index (χ3n) is 6.99. The summed E-state index contributed by atoms with van der Waals surface area (Å²) in [4.78, 5) is 31.7. The molecular formula is C26H31N3O3. The third-order valence-corrected chi connectivity index (χ3v) is 6.99. The Balaban J connectivity index is 1.08. The number of hydrogen-bond donors (Lipinski definition) is 0. The summed E-state index contributed by atoms with van der Waals surface area (Å²) in [5, 5.41) is 0. The van der Waals surface area contributed by atoms with E-state index in [-0.39, 0.29) is 11.8 Å². The smallest absolute Gasteiger partial charge is 0.253 e. The monoisotopic (exact) mass is 433 g/mol. The Morgan fingerprint density at radius 3 is 1.97 bits per heavy atom. The van der Waals surface area contributed by atoms with Gasteiger partial charge in [0.2, 0.25) is 0 Å². The summed E-state index contributed by atoms with van der Waals surface area (Å²) < 4.78 is 6.00. The lowest BCUT2D eigenvalue weighted by Crippen LogP contribution is -2.64. The zero-order valence-corrected chi connectivity index (χ0v) is 18.5. The molecule has 0 N–H and O–H groups in total. The van der Waals surface area contributed by atoms with Gasteiger partial charge in [0.25, 0.3) is 11.8 Å². The van der Waals surface area contributed by atoms with Crippen molar-refractivity contribution in [3.63, 3.8) is 0 Å². The molecule has 0 aromatic heterocycles. The molecule has 6 nitrogen and oxygen atoms in total.